The first-order valence-electron chi connectivity index (χ1n) is 12.3. The molecular weight excluding hydrogens is 470 g/mol. The fraction of sp³-hybridized carbons (Fsp3) is 0.296. The van der Waals surface area contributed by atoms with E-state index >= 15 is 0 Å². The van der Waals surface area contributed by atoms with Crippen LogP contribution in [-0.4, -0.2) is 67.7 Å². The van der Waals surface area contributed by atoms with Crippen molar-refractivity contribution in [2.24, 2.45) is 0 Å². The highest BCUT2D eigenvalue weighted by Gasteiger charge is 2.42. The average molecular weight is 498 g/mol. The molecule has 0 unspecified atom stereocenters. The van der Waals surface area contributed by atoms with Gasteiger partial charge in [-0.2, -0.15) is 0 Å². The van der Waals surface area contributed by atoms with Crippen LogP contribution in [0.2, 0.25) is 0 Å². The van der Waals surface area contributed by atoms with Crippen molar-refractivity contribution in [1.29, 1.82) is 0 Å². The number of fused-ring (bicyclic) bond motifs is 1. The van der Waals surface area contributed by atoms with Gasteiger partial charge in [0, 0.05) is 48.8 Å². The van der Waals surface area contributed by atoms with Crippen molar-refractivity contribution in [2.75, 3.05) is 37.6 Å². The lowest BCUT2D eigenvalue weighted by Gasteiger charge is -2.38. The minimum absolute atomic E-state index is 0.182. The highest BCUT2D eigenvalue weighted by atomic mass is 16.6. The third-order valence-electron chi connectivity index (χ3n) is 6.82. The van der Waals surface area contributed by atoms with E-state index in [4.69, 9.17) is 14.7 Å². The Morgan fingerprint density at radius 3 is 2.05 bits per heavy atom. The molecule has 2 aromatic carbocycles. The van der Waals surface area contributed by atoms with Crippen molar-refractivity contribution < 1.29 is 9.66 Å². The second-order valence-electron chi connectivity index (χ2n) is 9.75. The minimum atomic E-state index is -0.497. The molecule has 0 bridgehead atoms. The van der Waals surface area contributed by atoms with Crippen molar-refractivity contribution in [3.8, 4) is 28.5 Å². The van der Waals surface area contributed by atoms with Gasteiger partial charge in [-0.1, -0.05) is 60.7 Å². The van der Waals surface area contributed by atoms with Crippen molar-refractivity contribution in [1.82, 2.24) is 24.4 Å². The molecule has 1 saturated heterocycles. The third kappa shape index (κ3) is 4.75. The summed E-state index contributed by atoms with van der Waals surface area (Å²) in [5.74, 6) is 0.550. The summed E-state index contributed by atoms with van der Waals surface area (Å²) >= 11 is 0. The molecular formula is C27H27N7O3. The van der Waals surface area contributed by atoms with Crippen LogP contribution in [0.5, 0.6) is 6.01 Å². The average Bonchev–Trinajstić information content (AvgIpc) is 3.45. The van der Waals surface area contributed by atoms with Crippen molar-refractivity contribution in [3.05, 3.63) is 83.0 Å². The van der Waals surface area contributed by atoms with E-state index in [1.54, 1.807) is 4.57 Å². The van der Waals surface area contributed by atoms with Gasteiger partial charge in [-0.3, -0.25) is 9.47 Å². The molecule has 10 nitrogen and oxygen atoms in total. The maximum atomic E-state index is 11.0. The molecule has 6 rings (SSSR count). The van der Waals surface area contributed by atoms with Crippen LogP contribution in [0.25, 0.3) is 22.5 Å². The Labute approximate surface area is 214 Å². The second kappa shape index (κ2) is 9.29. The molecule has 1 fully saturated rings. The summed E-state index contributed by atoms with van der Waals surface area (Å²) in [7, 11) is 0. The van der Waals surface area contributed by atoms with Crippen LogP contribution in [0.3, 0.4) is 0 Å². The molecule has 0 radical (unpaired) electrons. The van der Waals surface area contributed by atoms with E-state index in [0.29, 0.717) is 19.1 Å². The fourth-order valence-corrected chi connectivity index (χ4v) is 5.03. The van der Waals surface area contributed by atoms with Crippen molar-refractivity contribution >= 4 is 11.8 Å². The van der Waals surface area contributed by atoms with Crippen LogP contribution >= 0.6 is 0 Å². The molecule has 188 valence electrons. The lowest BCUT2D eigenvalue weighted by atomic mass is 10.1. The van der Waals surface area contributed by atoms with Gasteiger partial charge in [0.25, 0.3) is 0 Å². The lowest BCUT2D eigenvalue weighted by Crippen LogP contribution is -2.53. The highest BCUT2D eigenvalue weighted by molar-refractivity contribution is 5.69. The zero-order valence-corrected chi connectivity index (χ0v) is 20.5. The van der Waals surface area contributed by atoms with Gasteiger partial charge in [0.2, 0.25) is 5.95 Å². The van der Waals surface area contributed by atoms with E-state index < -0.39 is 10.5 Å². The Kier molecular flexibility index (Phi) is 5.80. The van der Waals surface area contributed by atoms with E-state index in [9.17, 15) is 10.1 Å². The van der Waals surface area contributed by atoms with Gasteiger partial charge in [-0.25, -0.2) is 9.97 Å². The monoisotopic (exact) mass is 497 g/mol. The molecule has 0 N–H and O–H groups in total. The number of hydrogen-bond donors (Lipinski definition) is 0. The van der Waals surface area contributed by atoms with E-state index in [1.165, 1.54) is 6.20 Å². The van der Waals surface area contributed by atoms with Gasteiger partial charge in [0.05, 0.1) is 17.9 Å². The fourth-order valence-electron chi connectivity index (χ4n) is 5.03. The number of piperazine rings is 1. The predicted octanol–water partition coefficient (Wildman–Crippen LogP) is 3.89. The molecule has 2 aliphatic rings. The Bertz CT molecular complexity index is 1340. The number of aromatic nitrogens is 4. The topological polar surface area (TPSA) is 102 Å². The van der Waals surface area contributed by atoms with Crippen LogP contribution in [0.15, 0.2) is 72.9 Å². The van der Waals surface area contributed by atoms with Gasteiger partial charge in [-0.05, 0) is 17.9 Å². The van der Waals surface area contributed by atoms with Crippen molar-refractivity contribution in [3.63, 3.8) is 0 Å². The molecule has 2 aromatic heterocycles. The SMILES string of the molecule is C[C@]1(CN2CCN(c3nc(-c4ccccc4)cc(-c4ccccc4)n3)CC2)Cn2cc([N+](=O)[O-])nc2O1. The van der Waals surface area contributed by atoms with Gasteiger partial charge in [-0.15, -0.1) is 0 Å². The van der Waals surface area contributed by atoms with E-state index in [1.807, 2.05) is 43.3 Å². The Morgan fingerprint density at radius 1 is 0.919 bits per heavy atom. The van der Waals surface area contributed by atoms with Crippen LogP contribution in [0.4, 0.5) is 11.8 Å². The number of benzene rings is 2. The molecule has 0 amide bonds. The summed E-state index contributed by atoms with van der Waals surface area (Å²) in [5.41, 5.74) is 3.45. The number of anilines is 1. The molecule has 0 saturated carbocycles. The number of nitrogens with zero attached hydrogens (tertiary/aromatic N) is 7. The zero-order valence-electron chi connectivity index (χ0n) is 20.5. The molecule has 10 heteroatoms. The first-order valence-corrected chi connectivity index (χ1v) is 12.3. The standard InChI is InChI=1S/C27H27N7O3/c1-27(19-33-17-24(34(35)36)30-26(33)37-27)18-31-12-14-32(15-13-31)25-28-22(20-8-4-2-5-9-20)16-23(29-25)21-10-6-3-7-11-21/h2-11,16-17H,12-15,18-19H2,1H3/t27-/m0/s1. The predicted molar refractivity (Wildman–Crippen MR) is 139 cm³/mol. The molecule has 4 heterocycles. The molecule has 2 aliphatic heterocycles. The number of hydrogen-bond acceptors (Lipinski definition) is 8. The Hall–Kier alpha value is -4.31. The van der Waals surface area contributed by atoms with Gasteiger partial charge in [0.15, 0.2) is 0 Å². The first-order chi connectivity index (χ1) is 18.0. The number of nitro groups is 1. The maximum absolute atomic E-state index is 11.0. The zero-order chi connectivity index (χ0) is 25.4. The molecule has 4 aromatic rings. The molecule has 1 atom stereocenters. The van der Waals surface area contributed by atoms with Gasteiger partial charge >= 0.3 is 11.8 Å². The van der Waals surface area contributed by atoms with E-state index in [0.717, 1.165) is 54.6 Å². The number of ether oxygens (including phenoxy) is 1. The quantitative estimate of drug-likeness (QED) is 0.292. The summed E-state index contributed by atoms with van der Waals surface area (Å²) in [5, 5.41) is 11.0. The Balaban J connectivity index is 1.17. The van der Waals surface area contributed by atoms with Gasteiger partial charge < -0.3 is 19.8 Å². The van der Waals surface area contributed by atoms with Crippen LogP contribution in [-0.2, 0) is 6.54 Å². The maximum Gasteiger partial charge on any atom is 0.415 e. The summed E-state index contributed by atoms with van der Waals surface area (Å²) in [4.78, 5) is 29.0. The van der Waals surface area contributed by atoms with E-state index in [2.05, 4.69) is 45.1 Å². The van der Waals surface area contributed by atoms with E-state index in [-0.39, 0.29) is 5.82 Å². The van der Waals surface area contributed by atoms with Crippen LogP contribution in [0.1, 0.15) is 6.92 Å². The normalized spacial score (nSPS) is 19.4. The summed E-state index contributed by atoms with van der Waals surface area (Å²) in [6, 6.07) is 22.7. The first kappa shape index (κ1) is 23.1. The van der Waals surface area contributed by atoms with Crippen molar-refractivity contribution in [2.45, 2.75) is 19.1 Å². The highest BCUT2D eigenvalue weighted by Crippen LogP contribution is 2.32. The number of rotatable bonds is 6. The second-order valence-corrected chi connectivity index (χ2v) is 9.75. The largest absolute Gasteiger partial charge is 0.436 e. The molecule has 0 spiro atoms. The summed E-state index contributed by atoms with van der Waals surface area (Å²) in [6.07, 6.45) is 1.44. The molecule has 0 aliphatic carbocycles. The Morgan fingerprint density at radius 2 is 1.51 bits per heavy atom. The number of imidazole rings is 1. The van der Waals surface area contributed by atoms with Crippen LogP contribution in [0, 0.1) is 10.1 Å². The van der Waals surface area contributed by atoms with Gasteiger partial charge in [0.1, 0.15) is 11.8 Å². The summed E-state index contributed by atoms with van der Waals surface area (Å²) < 4.78 is 7.76. The summed E-state index contributed by atoms with van der Waals surface area (Å²) in [6.45, 7) is 6.52. The smallest absolute Gasteiger partial charge is 0.415 e. The third-order valence-corrected chi connectivity index (χ3v) is 6.82. The molecule has 37 heavy (non-hydrogen) atoms. The lowest BCUT2D eigenvalue weighted by molar-refractivity contribution is -0.389. The minimum Gasteiger partial charge on any atom is -0.436 e. The van der Waals surface area contributed by atoms with Crippen LogP contribution < -0.4 is 9.64 Å².